The molecule has 0 aromatic heterocycles. The summed E-state index contributed by atoms with van der Waals surface area (Å²) in [5.74, 6) is -1.09. The molecule has 0 saturated carbocycles. The predicted molar refractivity (Wildman–Crippen MR) is 125 cm³/mol. The number of unbranched alkanes of at least 4 members (excludes halogenated alkanes) is 6. The minimum atomic E-state index is -0.248. The van der Waals surface area contributed by atoms with Crippen LogP contribution in [0.25, 0.3) is 0 Å². The van der Waals surface area contributed by atoms with E-state index in [2.05, 4.69) is 10.6 Å². The standard InChI is InChI=1S/C24H41N3O6/c1-19(28)16-22(31)25-12-8-4-6-10-14-27(24(33)18-21(3)30)15-11-7-5-9-13-26-23(32)17-20(2)29/h4-18H2,1-3H3,(H,25,31)(H,26,32). The van der Waals surface area contributed by atoms with Crippen molar-refractivity contribution in [1.29, 1.82) is 0 Å². The average Bonchev–Trinajstić information content (AvgIpc) is 2.68. The van der Waals surface area contributed by atoms with Gasteiger partial charge in [-0.3, -0.25) is 28.8 Å². The van der Waals surface area contributed by atoms with Crippen molar-refractivity contribution in [3.05, 3.63) is 0 Å². The molecule has 0 aliphatic heterocycles. The lowest BCUT2D eigenvalue weighted by Crippen LogP contribution is -2.34. The Kier molecular flexibility index (Phi) is 17.5. The Balaban J connectivity index is 4.06. The van der Waals surface area contributed by atoms with Crippen molar-refractivity contribution < 1.29 is 28.8 Å². The molecule has 0 unspecified atom stereocenters. The molecule has 33 heavy (non-hydrogen) atoms. The number of hydrogen-bond acceptors (Lipinski definition) is 6. The minimum absolute atomic E-state index is 0.0790. The van der Waals surface area contributed by atoms with Crippen molar-refractivity contribution >= 4 is 35.1 Å². The molecule has 0 fully saturated rings. The molecule has 0 radical (unpaired) electrons. The van der Waals surface area contributed by atoms with Gasteiger partial charge in [0.2, 0.25) is 17.7 Å². The zero-order valence-corrected chi connectivity index (χ0v) is 20.5. The van der Waals surface area contributed by atoms with Crippen LogP contribution in [0.2, 0.25) is 0 Å². The van der Waals surface area contributed by atoms with E-state index in [0.717, 1.165) is 51.4 Å². The first-order valence-electron chi connectivity index (χ1n) is 11.9. The monoisotopic (exact) mass is 467 g/mol. The first kappa shape index (κ1) is 30.4. The van der Waals surface area contributed by atoms with E-state index < -0.39 is 0 Å². The number of hydrogen-bond donors (Lipinski definition) is 2. The maximum atomic E-state index is 12.4. The van der Waals surface area contributed by atoms with Gasteiger partial charge in [0.05, 0.1) is 19.3 Å². The molecule has 0 heterocycles. The number of ketones is 3. The smallest absolute Gasteiger partial charge is 0.230 e. The molecule has 188 valence electrons. The highest BCUT2D eigenvalue weighted by Crippen LogP contribution is 2.07. The van der Waals surface area contributed by atoms with Crippen LogP contribution in [0.15, 0.2) is 0 Å². The quantitative estimate of drug-likeness (QED) is 0.208. The number of Topliss-reactive ketones (excluding diaryl/α,β-unsaturated/α-hetero) is 3. The molecule has 2 N–H and O–H groups in total. The Morgan fingerprint density at radius 3 is 1.24 bits per heavy atom. The Labute approximate surface area is 197 Å². The van der Waals surface area contributed by atoms with Gasteiger partial charge in [-0.05, 0) is 46.5 Å². The molecule has 0 spiro atoms. The largest absolute Gasteiger partial charge is 0.356 e. The summed E-state index contributed by atoms with van der Waals surface area (Å²) in [5.41, 5.74) is 0. The zero-order valence-electron chi connectivity index (χ0n) is 20.5. The summed E-state index contributed by atoms with van der Waals surface area (Å²) in [6, 6.07) is 0. The number of rotatable bonds is 20. The number of carbonyl (C=O) groups is 6. The van der Waals surface area contributed by atoms with Gasteiger partial charge in [0.25, 0.3) is 0 Å². The predicted octanol–water partition coefficient (Wildman–Crippen LogP) is 2.11. The lowest BCUT2D eigenvalue weighted by Gasteiger charge is -2.22. The summed E-state index contributed by atoms with van der Waals surface area (Å²) in [7, 11) is 0. The lowest BCUT2D eigenvalue weighted by molar-refractivity contribution is -0.135. The van der Waals surface area contributed by atoms with E-state index in [1.165, 1.54) is 20.8 Å². The van der Waals surface area contributed by atoms with E-state index in [-0.39, 0.29) is 54.3 Å². The van der Waals surface area contributed by atoms with Gasteiger partial charge in [-0.1, -0.05) is 25.7 Å². The average molecular weight is 468 g/mol. The molecule has 9 nitrogen and oxygen atoms in total. The highest BCUT2D eigenvalue weighted by molar-refractivity contribution is 5.97. The minimum Gasteiger partial charge on any atom is -0.356 e. The van der Waals surface area contributed by atoms with Crippen LogP contribution in [0.3, 0.4) is 0 Å². The number of nitrogens with zero attached hydrogens (tertiary/aromatic N) is 1. The fourth-order valence-corrected chi connectivity index (χ4v) is 3.28. The number of amides is 3. The van der Waals surface area contributed by atoms with E-state index >= 15 is 0 Å². The van der Waals surface area contributed by atoms with Crippen molar-refractivity contribution in [2.24, 2.45) is 0 Å². The summed E-state index contributed by atoms with van der Waals surface area (Å²) < 4.78 is 0. The van der Waals surface area contributed by atoms with E-state index in [4.69, 9.17) is 0 Å². The molecule has 0 atom stereocenters. The molecule has 0 aliphatic carbocycles. The van der Waals surface area contributed by atoms with Gasteiger partial charge >= 0.3 is 0 Å². The molecule has 0 rings (SSSR count). The molecule has 0 aliphatic rings. The van der Waals surface area contributed by atoms with Crippen LogP contribution in [0.5, 0.6) is 0 Å². The second kappa shape index (κ2) is 18.9. The van der Waals surface area contributed by atoms with E-state index in [1.54, 1.807) is 4.90 Å². The fraction of sp³-hybridized carbons (Fsp3) is 0.750. The molecule has 0 aromatic rings. The van der Waals surface area contributed by atoms with Gasteiger partial charge in [0, 0.05) is 26.2 Å². The van der Waals surface area contributed by atoms with Gasteiger partial charge in [0.1, 0.15) is 17.3 Å². The summed E-state index contributed by atoms with van der Waals surface area (Å²) in [5, 5.41) is 5.43. The fourth-order valence-electron chi connectivity index (χ4n) is 3.28. The molecule has 9 heteroatoms. The van der Waals surface area contributed by atoms with Gasteiger partial charge in [0.15, 0.2) is 0 Å². The Morgan fingerprint density at radius 2 is 0.879 bits per heavy atom. The first-order chi connectivity index (χ1) is 15.6. The van der Waals surface area contributed by atoms with Gasteiger partial charge in [-0.15, -0.1) is 0 Å². The van der Waals surface area contributed by atoms with Crippen molar-refractivity contribution in [1.82, 2.24) is 15.5 Å². The number of carbonyl (C=O) groups excluding carboxylic acids is 6. The van der Waals surface area contributed by atoms with Crippen molar-refractivity contribution in [3.8, 4) is 0 Å². The molecular formula is C24H41N3O6. The summed E-state index contributed by atoms with van der Waals surface area (Å²) in [6.45, 7) is 6.46. The second-order valence-corrected chi connectivity index (χ2v) is 8.55. The van der Waals surface area contributed by atoms with Crippen LogP contribution in [-0.4, -0.2) is 66.2 Å². The van der Waals surface area contributed by atoms with Crippen molar-refractivity contribution in [3.63, 3.8) is 0 Å². The van der Waals surface area contributed by atoms with Gasteiger partial charge in [-0.25, -0.2) is 0 Å². The summed E-state index contributed by atoms with van der Waals surface area (Å²) in [6.07, 6.45) is 6.67. The summed E-state index contributed by atoms with van der Waals surface area (Å²) in [4.78, 5) is 70.0. The van der Waals surface area contributed by atoms with Crippen LogP contribution in [0, 0.1) is 0 Å². The molecule has 3 amide bonds. The van der Waals surface area contributed by atoms with Gasteiger partial charge < -0.3 is 15.5 Å². The molecule has 0 bridgehead atoms. The maximum Gasteiger partial charge on any atom is 0.230 e. The van der Waals surface area contributed by atoms with E-state index in [0.29, 0.717) is 26.2 Å². The SMILES string of the molecule is CC(=O)CC(=O)NCCCCCCN(CCCCCCNC(=O)CC(C)=O)C(=O)CC(C)=O. The molecular weight excluding hydrogens is 426 g/mol. The maximum absolute atomic E-state index is 12.4. The Bertz CT molecular complexity index is 621. The topological polar surface area (TPSA) is 130 Å². The third-order valence-corrected chi connectivity index (χ3v) is 4.93. The Hall–Kier alpha value is -2.58. The third kappa shape index (κ3) is 19.8. The third-order valence-electron chi connectivity index (χ3n) is 4.93. The highest BCUT2D eigenvalue weighted by atomic mass is 16.2. The van der Waals surface area contributed by atoms with Crippen LogP contribution < -0.4 is 10.6 Å². The van der Waals surface area contributed by atoms with Crippen LogP contribution >= 0.6 is 0 Å². The zero-order chi connectivity index (χ0) is 25.1. The van der Waals surface area contributed by atoms with E-state index in [1.807, 2.05) is 0 Å². The first-order valence-corrected chi connectivity index (χ1v) is 11.9. The van der Waals surface area contributed by atoms with Crippen molar-refractivity contribution in [2.75, 3.05) is 26.2 Å². The second-order valence-electron chi connectivity index (χ2n) is 8.55. The number of nitrogens with one attached hydrogen (secondary N) is 2. The summed E-state index contributed by atoms with van der Waals surface area (Å²) >= 11 is 0. The molecule has 0 saturated heterocycles. The van der Waals surface area contributed by atoms with Crippen LogP contribution in [0.4, 0.5) is 0 Å². The van der Waals surface area contributed by atoms with E-state index in [9.17, 15) is 28.8 Å². The van der Waals surface area contributed by atoms with Crippen LogP contribution in [-0.2, 0) is 28.8 Å². The lowest BCUT2D eigenvalue weighted by atomic mass is 10.1. The van der Waals surface area contributed by atoms with Crippen LogP contribution in [0.1, 0.15) is 91.4 Å². The van der Waals surface area contributed by atoms with Crippen molar-refractivity contribution in [2.45, 2.75) is 91.4 Å². The molecule has 0 aromatic carbocycles. The van der Waals surface area contributed by atoms with Gasteiger partial charge in [-0.2, -0.15) is 0 Å². The Morgan fingerprint density at radius 1 is 0.515 bits per heavy atom. The highest BCUT2D eigenvalue weighted by Gasteiger charge is 2.14. The normalized spacial score (nSPS) is 10.4.